The van der Waals surface area contributed by atoms with Crippen molar-refractivity contribution in [3.8, 4) is 0 Å². The first kappa shape index (κ1) is 59.5. The number of carboxylic acids is 1. The molecule has 17 heteroatoms. The summed E-state index contributed by atoms with van der Waals surface area (Å²) in [6.07, 6.45) is 1.76. The van der Waals surface area contributed by atoms with Gasteiger partial charge in [-0.15, -0.1) is 10.2 Å². The summed E-state index contributed by atoms with van der Waals surface area (Å²) in [6, 6.07) is 32.5. The van der Waals surface area contributed by atoms with E-state index in [4.69, 9.17) is 4.84 Å². The molecule has 2 aromatic heterocycles. The van der Waals surface area contributed by atoms with Gasteiger partial charge in [-0.25, -0.2) is 20.7 Å². The van der Waals surface area contributed by atoms with Gasteiger partial charge >= 0.3 is 5.97 Å². The highest BCUT2D eigenvalue weighted by Crippen LogP contribution is 2.37. The monoisotopic (exact) mass is 1080 g/mol. The second-order valence-electron chi connectivity index (χ2n) is 20.6. The Labute approximate surface area is 469 Å². The molecule has 0 aliphatic carbocycles. The first-order valence-corrected chi connectivity index (χ1v) is 26.9. The molecule has 0 saturated heterocycles. The maximum atomic E-state index is 13.4. The van der Waals surface area contributed by atoms with Gasteiger partial charge in [0.15, 0.2) is 0 Å². The van der Waals surface area contributed by atoms with Crippen LogP contribution in [0.3, 0.4) is 0 Å². The average Bonchev–Trinajstić information content (AvgIpc) is 4.13. The van der Waals surface area contributed by atoms with Crippen molar-refractivity contribution < 1.29 is 34.0 Å². The number of rotatable bonds is 13. The Morgan fingerprint density at radius 3 is 1.40 bits per heavy atom. The molecule has 3 amide bonds. The van der Waals surface area contributed by atoms with E-state index in [9.17, 15) is 24.3 Å². The van der Waals surface area contributed by atoms with E-state index < -0.39 is 5.97 Å². The molecule has 17 nitrogen and oxygen atoms in total. The van der Waals surface area contributed by atoms with E-state index in [1.807, 2.05) is 128 Å². The number of hydroxylamine groups is 1. The van der Waals surface area contributed by atoms with E-state index in [0.717, 1.165) is 109 Å². The SMILES string of the molecule is C.CCn1nnc2c(C)c([C@@H](CC(=O)NOC)c3ccc4c(c3)CN(C(=O)c3ccc(C)c(C)c3)CC4)ccc21.CCn1nnc2c(C)c([C@@H](CC(=O)O)c3ccc4c(c3)CN(C(=O)c3ccc(C)c(C)c3)CC4)ccc21.CON. The molecule has 4 heterocycles. The number of hydrogen-bond donors (Lipinski definition) is 3. The van der Waals surface area contributed by atoms with Crippen LogP contribution in [0, 0.1) is 41.5 Å². The van der Waals surface area contributed by atoms with Gasteiger partial charge in [0.2, 0.25) is 5.91 Å². The topological polar surface area (TPSA) is 213 Å². The third kappa shape index (κ3) is 12.8. The summed E-state index contributed by atoms with van der Waals surface area (Å²) in [5.41, 5.74) is 22.5. The number of nitrogens with one attached hydrogen (secondary N) is 1. The van der Waals surface area contributed by atoms with Gasteiger partial charge in [-0.3, -0.25) is 24.0 Å². The van der Waals surface area contributed by atoms with Crippen LogP contribution in [0.25, 0.3) is 22.1 Å². The summed E-state index contributed by atoms with van der Waals surface area (Å²) in [7, 11) is 2.84. The fraction of sp³-hybridized carbons (Fsp3) is 0.365. The van der Waals surface area contributed by atoms with Crippen LogP contribution in [0.2, 0.25) is 0 Å². The molecule has 10 rings (SSSR count). The zero-order chi connectivity index (χ0) is 56.7. The zero-order valence-electron chi connectivity index (χ0n) is 47.0. The summed E-state index contributed by atoms with van der Waals surface area (Å²) in [5.74, 6) is 2.82. The largest absolute Gasteiger partial charge is 0.481 e. The number of carbonyl (C=O) groups excluding carboxylic acids is 3. The van der Waals surface area contributed by atoms with Crippen molar-refractivity contribution in [1.82, 2.24) is 45.3 Å². The Hall–Kier alpha value is -8.12. The fourth-order valence-electron chi connectivity index (χ4n) is 11.0. The number of aliphatic carboxylic acids is 1. The second-order valence-corrected chi connectivity index (χ2v) is 20.6. The third-order valence-electron chi connectivity index (χ3n) is 15.7. The molecule has 2 aliphatic heterocycles. The average molecular weight is 1090 g/mol. The number of carbonyl (C=O) groups is 4. The van der Waals surface area contributed by atoms with E-state index in [1.165, 1.54) is 36.5 Å². The van der Waals surface area contributed by atoms with Crippen molar-refractivity contribution >= 4 is 45.8 Å². The number of hydrogen-bond acceptors (Lipinski definition) is 11. The first-order chi connectivity index (χ1) is 38.0. The van der Waals surface area contributed by atoms with Crippen LogP contribution in [0.15, 0.2) is 97.1 Å². The smallest absolute Gasteiger partial charge is 0.304 e. The first-order valence-electron chi connectivity index (χ1n) is 26.9. The van der Waals surface area contributed by atoms with Crippen molar-refractivity contribution in [1.29, 1.82) is 0 Å². The Morgan fingerprint density at radius 2 is 1.01 bits per heavy atom. The van der Waals surface area contributed by atoms with Gasteiger partial charge < -0.3 is 19.7 Å². The van der Waals surface area contributed by atoms with Gasteiger partial charge in [0.25, 0.3) is 11.8 Å². The maximum Gasteiger partial charge on any atom is 0.304 e. The normalized spacial score (nSPS) is 13.4. The fourth-order valence-corrected chi connectivity index (χ4v) is 11.0. The molecule has 4 N–H and O–H groups in total. The van der Waals surface area contributed by atoms with Gasteiger partial charge in [0.1, 0.15) is 11.0 Å². The van der Waals surface area contributed by atoms with Gasteiger partial charge in [-0.2, -0.15) is 0 Å². The van der Waals surface area contributed by atoms with Crippen LogP contribution in [0.4, 0.5) is 0 Å². The molecule has 0 radical (unpaired) electrons. The van der Waals surface area contributed by atoms with E-state index in [2.05, 4.69) is 80.2 Å². The lowest BCUT2D eigenvalue weighted by Gasteiger charge is -2.30. The highest BCUT2D eigenvalue weighted by molar-refractivity contribution is 5.95. The predicted molar refractivity (Wildman–Crippen MR) is 311 cm³/mol. The van der Waals surface area contributed by atoms with Gasteiger partial charge in [0.05, 0.1) is 31.7 Å². The van der Waals surface area contributed by atoms with Crippen LogP contribution in [0.5, 0.6) is 0 Å². The van der Waals surface area contributed by atoms with E-state index in [-0.39, 0.29) is 49.8 Å². The number of aryl methyl sites for hydroxylation is 8. The minimum absolute atomic E-state index is 0. The molecule has 6 aromatic carbocycles. The quantitative estimate of drug-likeness (QED) is 0.0921. The van der Waals surface area contributed by atoms with E-state index in [0.29, 0.717) is 31.7 Å². The standard InChI is InChI=1S/C31H35N5O3.C30H32N4O3.CH5NO.CH4/c1-6-36-28-12-11-26(21(4)30(28)32-34-36)27(17-29(37)33-39-5)23-10-9-22-13-14-35(18-25(22)16-23)31(38)24-8-7-19(2)20(3)15-24;1-5-34-27-11-10-25(20(4)29(27)31-32-34)26(16-28(35)36)22-9-8-21-12-13-33(17-24(21)15-22)30(37)23-7-6-18(2)19(3)14-23;1-3-2;/h7-12,15-16,27H,6,13-14,17-18H2,1-5H3,(H,33,37);6-11,14-15,26H,5,12-13,16-17H2,1-4H3,(H,35,36);2H2,1H3;1H4/t27-;26-;;/m00../s1. The zero-order valence-corrected chi connectivity index (χ0v) is 47.0. The molecule has 80 heavy (non-hydrogen) atoms. The number of amides is 3. The molecule has 0 bridgehead atoms. The minimum atomic E-state index is -0.856. The summed E-state index contributed by atoms with van der Waals surface area (Å²) in [5, 5.41) is 27.1. The molecule has 8 aromatic rings. The van der Waals surface area contributed by atoms with E-state index >= 15 is 0 Å². The molecule has 0 fully saturated rings. The molecule has 0 unspecified atom stereocenters. The van der Waals surface area contributed by atoms with Gasteiger partial charge in [-0.05, 0) is 183 Å². The molecular formula is C63H76N10O7. The van der Waals surface area contributed by atoms with E-state index in [1.54, 1.807) is 0 Å². The van der Waals surface area contributed by atoms with Gasteiger partial charge in [0, 0.05) is 68.7 Å². The van der Waals surface area contributed by atoms with Crippen LogP contribution < -0.4 is 11.4 Å². The number of aromatic nitrogens is 6. The summed E-state index contributed by atoms with van der Waals surface area (Å²) in [4.78, 5) is 63.8. The molecule has 0 spiro atoms. The summed E-state index contributed by atoms with van der Waals surface area (Å²) < 4.78 is 3.72. The lowest BCUT2D eigenvalue weighted by atomic mass is 9.83. The van der Waals surface area contributed by atoms with Crippen molar-refractivity contribution in [2.75, 3.05) is 27.3 Å². The summed E-state index contributed by atoms with van der Waals surface area (Å²) >= 11 is 0. The van der Waals surface area contributed by atoms with Crippen molar-refractivity contribution in [3.63, 3.8) is 0 Å². The van der Waals surface area contributed by atoms with Crippen LogP contribution >= 0.6 is 0 Å². The van der Waals surface area contributed by atoms with Crippen molar-refractivity contribution in [2.45, 2.75) is 127 Å². The minimum Gasteiger partial charge on any atom is -0.481 e. The molecule has 2 atom stereocenters. The van der Waals surface area contributed by atoms with Crippen LogP contribution in [0.1, 0.15) is 145 Å². The Balaban J connectivity index is 0.000000218. The molecule has 420 valence electrons. The molecule has 0 saturated carbocycles. The van der Waals surface area contributed by atoms with Crippen LogP contribution in [-0.4, -0.2) is 95.9 Å². The highest BCUT2D eigenvalue weighted by Gasteiger charge is 2.29. The number of fused-ring (bicyclic) bond motifs is 4. The number of carboxylic acid groups (broad SMARTS) is 1. The molecular weight excluding hydrogens is 1010 g/mol. The second kappa shape index (κ2) is 26.2. The molecule has 2 aliphatic rings. The lowest BCUT2D eigenvalue weighted by Crippen LogP contribution is -2.36. The predicted octanol–water partition coefficient (Wildman–Crippen LogP) is 10.1. The number of nitrogens with zero attached hydrogens (tertiary/aromatic N) is 8. The Kier molecular flexibility index (Phi) is 19.5. The lowest BCUT2D eigenvalue weighted by molar-refractivity contribution is -0.137. The third-order valence-corrected chi connectivity index (χ3v) is 15.7. The summed E-state index contributed by atoms with van der Waals surface area (Å²) in [6.45, 7) is 20.1. The Morgan fingerprint density at radius 1 is 0.588 bits per heavy atom. The Bertz CT molecular complexity index is 3570. The van der Waals surface area contributed by atoms with Crippen molar-refractivity contribution in [2.24, 2.45) is 5.90 Å². The van der Waals surface area contributed by atoms with Crippen LogP contribution in [-0.2, 0) is 58.3 Å². The number of nitrogens with two attached hydrogens (primary N) is 1. The maximum absolute atomic E-state index is 13.4. The van der Waals surface area contributed by atoms with Crippen molar-refractivity contribution in [3.05, 3.63) is 186 Å². The highest BCUT2D eigenvalue weighted by atomic mass is 16.6. The number of benzene rings is 6. The van der Waals surface area contributed by atoms with Gasteiger partial charge in [-0.1, -0.05) is 78.5 Å².